The highest BCUT2D eigenvalue weighted by Gasteiger charge is 2.23. The monoisotopic (exact) mass is 258 g/mol. The summed E-state index contributed by atoms with van der Waals surface area (Å²) >= 11 is 0. The van der Waals surface area contributed by atoms with Crippen molar-refractivity contribution < 1.29 is 0 Å². The molecule has 1 N–H and O–H groups in total. The van der Waals surface area contributed by atoms with E-state index in [0.717, 1.165) is 6.04 Å². The highest BCUT2D eigenvalue weighted by Crippen LogP contribution is 2.29. The summed E-state index contributed by atoms with van der Waals surface area (Å²) in [5, 5.41) is 3.92. The maximum Gasteiger partial charge on any atom is 0.0605 e. The molecule has 2 aliphatic rings. The molecule has 0 amide bonds. The van der Waals surface area contributed by atoms with Crippen molar-refractivity contribution in [1.82, 2.24) is 10.3 Å². The van der Waals surface area contributed by atoms with E-state index in [2.05, 4.69) is 22.4 Å². The number of hydrogen-bond acceptors (Lipinski definition) is 2. The number of rotatable bonds is 2. The van der Waals surface area contributed by atoms with Crippen LogP contribution in [0.4, 0.5) is 0 Å². The molecule has 0 aromatic carbocycles. The van der Waals surface area contributed by atoms with Gasteiger partial charge in [0.1, 0.15) is 0 Å². The van der Waals surface area contributed by atoms with Crippen LogP contribution in [0.5, 0.6) is 0 Å². The SMILES string of the molecule is c1cnc2c(c1)CCCC2NC1CCCCCCC1. The molecule has 2 aliphatic carbocycles. The van der Waals surface area contributed by atoms with Gasteiger partial charge in [-0.1, -0.05) is 38.2 Å². The number of fused-ring (bicyclic) bond motifs is 1. The molecule has 0 saturated heterocycles. The Morgan fingerprint density at radius 3 is 2.58 bits per heavy atom. The Kier molecular flexibility index (Phi) is 4.49. The number of pyridine rings is 1. The highest BCUT2D eigenvalue weighted by atomic mass is 15.0. The molecule has 2 nitrogen and oxygen atoms in total. The lowest BCUT2D eigenvalue weighted by Gasteiger charge is -2.30. The van der Waals surface area contributed by atoms with Crippen LogP contribution in [0.15, 0.2) is 18.3 Å². The Balaban J connectivity index is 1.66. The highest BCUT2D eigenvalue weighted by molar-refractivity contribution is 5.25. The first-order valence-electron chi connectivity index (χ1n) is 8.13. The summed E-state index contributed by atoms with van der Waals surface area (Å²) in [5.74, 6) is 0. The topological polar surface area (TPSA) is 24.9 Å². The van der Waals surface area contributed by atoms with Crippen LogP contribution < -0.4 is 5.32 Å². The van der Waals surface area contributed by atoms with Gasteiger partial charge in [0.15, 0.2) is 0 Å². The van der Waals surface area contributed by atoms with Gasteiger partial charge in [0, 0.05) is 18.3 Å². The first kappa shape index (κ1) is 13.1. The van der Waals surface area contributed by atoms with Crippen molar-refractivity contribution in [3.63, 3.8) is 0 Å². The van der Waals surface area contributed by atoms with E-state index in [9.17, 15) is 0 Å². The van der Waals surface area contributed by atoms with Gasteiger partial charge in [-0.2, -0.15) is 0 Å². The molecule has 3 rings (SSSR count). The Labute approximate surface area is 117 Å². The molecule has 1 aromatic heterocycles. The van der Waals surface area contributed by atoms with Crippen molar-refractivity contribution in [2.24, 2.45) is 0 Å². The molecular weight excluding hydrogens is 232 g/mol. The minimum absolute atomic E-state index is 0.509. The molecule has 104 valence electrons. The lowest BCUT2D eigenvalue weighted by Crippen LogP contribution is -2.35. The zero-order chi connectivity index (χ0) is 12.9. The summed E-state index contributed by atoms with van der Waals surface area (Å²) in [6, 6.07) is 5.57. The van der Waals surface area contributed by atoms with E-state index < -0.39 is 0 Å². The molecule has 0 spiro atoms. The maximum atomic E-state index is 4.65. The molecule has 0 radical (unpaired) electrons. The van der Waals surface area contributed by atoms with Gasteiger partial charge in [0.05, 0.1) is 5.69 Å². The molecule has 2 heteroatoms. The molecule has 1 saturated carbocycles. The second kappa shape index (κ2) is 6.51. The minimum atomic E-state index is 0.509. The van der Waals surface area contributed by atoms with Gasteiger partial charge in [0.25, 0.3) is 0 Å². The van der Waals surface area contributed by atoms with Crippen LogP contribution in [0.3, 0.4) is 0 Å². The van der Waals surface area contributed by atoms with Gasteiger partial charge >= 0.3 is 0 Å². The predicted octanol–water partition coefficient (Wildman–Crippen LogP) is 4.16. The Morgan fingerprint density at radius 1 is 0.947 bits per heavy atom. The summed E-state index contributed by atoms with van der Waals surface area (Å²) in [6.45, 7) is 0. The van der Waals surface area contributed by atoms with Crippen molar-refractivity contribution in [3.8, 4) is 0 Å². The summed E-state index contributed by atoms with van der Waals surface area (Å²) in [5.41, 5.74) is 2.80. The van der Waals surface area contributed by atoms with Crippen LogP contribution in [0, 0.1) is 0 Å². The van der Waals surface area contributed by atoms with E-state index in [1.54, 1.807) is 0 Å². The molecule has 1 unspecified atom stereocenters. The number of nitrogens with one attached hydrogen (secondary N) is 1. The average molecular weight is 258 g/mol. The van der Waals surface area contributed by atoms with Crippen molar-refractivity contribution in [2.45, 2.75) is 76.3 Å². The third-order valence-corrected chi connectivity index (χ3v) is 4.74. The predicted molar refractivity (Wildman–Crippen MR) is 79.2 cm³/mol. The van der Waals surface area contributed by atoms with Gasteiger partial charge in [-0.05, 0) is 43.7 Å². The second-order valence-corrected chi connectivity index (χ2v) is 6.20. The van der Waals surface area contributed by atoms with Crippen molar-refractivity contribution in [2.75, 3.05) is 0 Å². The zero-order valence-electron chi connectivity index (χ0n) is 11.9. The van der Waals surface area contributed by atoms with Crippen molar-refractivity contribution >= 4 is 0 Å². The van der Waals surface area contributed by atoms with Crippen molar-refractivity contribution in [3.05, 3.63) is 29.6 Å². The fourth-order valence-corrected chi connectivity index (χ4v) is 3.68. The Hall–Kier alpha value is -0.890. The van der Waals surface area contributed by atoms with Gasteiger partial charge in [-0.25, -0.2) is 0 Å². The minimum Gasteiger partial charge on any atom is -0.306 e. The molecule has 19 heavy (non-hydrogen) atoms. The van der Waals surface area contributed by atoms with E-state index in [1.807, 2.05) is 6.20 Å². The number of aromatic nitrogens is 1. The lowest BCUT2D eigenvalue weighted by molar-refractivity contribution is 0.330. The van der Waals surface area contributed by atoms with E-state index in [1.165, 1.54) is 75.5 Å². The van der Waals surface area contributed by atoms with Crippen LogP contribution in [0.2, 0.25) is 0 Å². The van der Waals surface area contributed by atoms with E-state index in [0.29, 0.717) is 6.04 Å². The first-order chi connectivity index (χ1) is 9.43. The van der Waals surface area contributed by atoms with Gasteiger partial charge in [-0.15, -0.1) is 0 Å². The quantitative estimate of drug-likeness (QED) is 0.861. The van der Waals surface area contributed by atoms with E-state index in [-0.39, 0.29) is 0 Å². The first-order valence-corrected chi connectivity index (χ1v) is 8.13. The maximum absolute atomic E-state index is 4.65. The zero-order valence-corrected chi connectivity index (χ0v) is 11.9. The summed E-state index contributed by atoms with van der Waals surface area (Å²) in [4.78, 5) is 4.65. The van der Waals surface area contributed by atoms with Crippen LogP contribution in [-0.2, 0) is 6.42 Å². The molecule has 1 aromatic rings. The normalized spacial score (nSPS) is 25.4. The summed E-state index contributed by atoms with van der Waals surface area (Å²) in [6.07, 6.45) is 15.6. The van der Waals surface area contributed by atoms with Gasteiger partial charge in [-0.3, -0.25) is 4.98 Å². The molecular formula is C17H26N2. The van der Waals surface area contributed by atoms with Crippen molar-refractivity contribution in [1.29, 1.82) is 0 Å². The lowest BCUT2D eigenvalue weighted by atomic mass is 9.89. The molecule has 1 atom stereocenters. The van der Waals surface area contributed by atoms with Crippen LogP contribution in [0.25, 0.3) is 0 Å². The largest absolute Gasteiger partial charge is 0.306 e. The van der Waals surface area contributed by atoms with Crippen LogP contribution in [0.1, 0.15) is 75.1 Å². The molecule has 1 heterocycles. The third-order valence-electron chi connectivity index (χ3n) is 4.74. The van der Waals surface area contributed by atoms with Gasteiger partial charge < -0.3 is 5.32 Å². The van der Waals surface area contributed by atoms with E-state index in [4.69, 9.17) is 0 Å². The molecule has 0 aliphatic heterocycles. The third kappa shape index (κ3) is 3.36. The Morgan fingerprint density at radius 2 is 1.74 bits per heavy atom. The Bertz CT molecular complexity index is 394. The average Bonchev–Trinajstić information content (AvgIpc) is 2.42. The van der Waals surface area contributed by atoms with E-state index >= 15 is 0 Å². The number of aryl methyl sites for hydroxylation is 1. The number of hydrogen-bond donors (Lipinski definition) is 1. The second-order valence-electron chi connectivity index (χ2n) is 6.20. The fraction of sp³-hybridized carbons (Fsp3) is 0.706. The standard InChI is InChI=1S/C17H26N2/c1-2-4-10-15(11-5-3-1)19-16-12-6-8-14-9-7-13-18-17(14)16/h7,9,13,15-16,19H,1-6,8,10-12H2. The van der Waals surface area contributed by atoms with Gasteiger partial charge in [0.2, 0.25) is 0 Å². The summed E-state index contributed by atoms with van der Waals surface area (Å²) in [7, 11) is 0. The summed E-state index contributed by atoms with van der Waals surface area (Å²) < 4.78 is 0. The smallest absolute Gasteiger partial charge is 0.0605 e. The number of nitrogens with zero attached hydrogens (tertiary/aromatic N) is 1. The fourth-order valence-electron chi connectivity index (χ4n) is 3.68. The molecule has 1 fully saturated rings. The molecule has 0 bridgehead atoms. The van der Waals surface area contributed by atoms with Crippen LogP contribution in [-0.4, -0.2) is 11.0 Å². The van der Waals surface area contributed by atoms with Crippen LogP contribution >= 0.6 is 0 Å².